The number of rotatable bonds is 6. The van der Waals surface area contributed by atoms with Crippen LogP contribution in [0, 0.1) is 5.41 Å². The van der Waals surface area contributed by atoms with E-state index in [4.69, 9.17) is 24.9 Å². The Morgan fingerprint density at radius 1 is 0.706 bits per heavy atom. The lowest BCUT2D eigenvalue weighted by Crippen LogP contribution is -2.28. The summed E-state index contributed by atoms with van der Waals surface area (Å²) in [5.41, 5.74) is 3.16. The molecule has 0 amide bonds. The SMILES string of the molecule is CC(C)(C)c1cc(C(C)(C)C)c(O)c(C(C)(C)C)c1.CCCCC(CC)(CO)CO.OP(O)O. The molecule has 0 atom stereocenters. The van der Waals surface area contributed by atoms with Gasteiger partial charge in [0.2, 0.25) is 0 Å². The number of aliphatic hydroxyl groups excluding tert-OH is 2. The van der Waals surface area contributed by atoms with Crippen LogP contribution in [-0.2, 0) is 16.2 Å². The first kappa shape index (κ1) is 35.4. The highest BCUT2D eigenvalue weighted by molar-refractivity contribution is 7.38. The summed E-state index contributed by atoms with van der Waals surface area (Å²) in [6.07, 6.45) is 4.02. The van der Waals surface area contributed by atoms with Crippen LogP contribution >= 0.6 is 8.60 Å². The van der Waals surface area contributed by atoms with Crippen LogP contribution in [0.3, 0.4) is 0 Å². The quantitative estimate of drug-likeness (QED) is 0.263. The zero-order valence-corrected chi connectivity index (χ0v) is 24.4. The highest BCUT2D eigenvalue weighted by Gasteiger charge is 2.29. The Morgan fingerprint density at radius 3 is 1.26 bits per heavy atom. The number of aromatic hydroxyl groups is 1. The second-order valence-corrected chi connectivity index (χ2v) is 12.7. The topological polar surface area (TPSA) is 121 Å². The van der Waals surface area contributed by atoms with Crippen molar-refractivity contribution in [3.8, 4) is 5.75 Å². The van der Waals surface area contributed by atoms with E-state index in [1.54, 1.807) is 0 Å². The van der Waals surface area contributed by atoms with Gasteiger partial charge in [-0.15, -0.1) is 0 Å². The van der Waals surface area contributed by atoms with E-state index in [0.717, 1.165) is 36.8 Å². The molecule has 0 saturated heterocycles. The molecule has 1 rings (SSSR count). The highest BCUT2D eigenvalue weighted by atomic mass is 31.2. The van der Waals surface area contributed by atoms with Crippen molar-refractivity contribution in [2.75, 3.05) is 13.2 Å². The molecule has 34 heavy (non-hydrogen) atoms. The first-order valence-electron chi connectivity index (χ1n) is 12.2. The molecule has 202 valence electrons. The smallest absolute Gasteiger partial charge is 0.324 e. The maximum atomic E-state index is 10.7. The Morgan fingerprint density at radius 2 is 1.06 bits per heavy atom. The average molecular weight is 505 g/mol. The predicted molar refractivity (Wildman–Crippen MR) is 144 cm³/mol. The van der Waals surface area contributed by atoms with Crippen LogP contribution in [-0.4, -0.2) is 43.2 Å². The Balaban J connectivity index is 0. The van der Waals surface area contributed by atoms with Crippen LogP contribution in [0.4, 0.5) is 0 Å². The molecule has 0 heterocycles. The van der Waals surface area contributed by atoms with Gasteiger partial charge < -0.3 is 30.0 Å². The first-order valence-corrected chi connectivity index (χ1v) is 13.4. The minimum Gasteiger partial charge on any atom is -0.507 e. The van der Waals surface area contributed by atoms with Gasteiger partial charge in [0.25, 0.3) is 0 Å². The zero-order chi connectivity index (χ0) is 27.5. The van der Waals surface area contributed by atoms with Gasteiger partial charge in [-0.05, 0) is 45.8 Å². The molecular formula is C27H53O6P. The van der Waals surface area contributed by atoms with E-state index in [-0.39, 0.29) is 34.9 Å². The van der Waals surface area contributed by atoms with Gasteiger partial charge >= 0.3 is 8.60 Å². The lowest BCUT2D eigenvalue weighted by Gasteiger charge is -2.31. The molecule has 6 N–H and O–H groups in total. The third kappa shape index (κ3) is 12.8. The Bertz CT molecular complexity index is 647. The Hall–Kier alpha value is -0.750. The van der Waals surface area contributed by atoms with E-state index in [1.807, 2.05) is 6.92 Å². The van der Waals surface area contributed by atoms with Gasteiger partial charge in [0.15, 0.2) is 0 Å². The van der Waals surface area contributed by atoms with Gasteiger partial charge in [-0.3, -0.25) is 0 Å². The molecule has 7 heteroatoms. The van der Waals surface area contributed by atoms with Crippen molar-refractivity contribution in [2.24, 2.45) is 5.41 Å². The molecule has 0 radical (unpaired) electrons. The van der Waals surface area contributed by atoms with E-state index in [9.17, 15) is 5.11 Å². The fourth-order valence-corrected chi connectivity index (χ4v) is 3.37. The van der Waals surface area contributed by atoms with Crippen LogP contribution in [0.5, 0.6) is 5.75 Å². The minimum absolute atomic E-state index is 0.0503. The number of aliphatic hydroxyl groups is 2. The number of hydrogen-bond acceptors (Lipinski definition) is 6. The molecule has 0 aliphatic carbocycles. The minimum atomic E-state index is -2.62. The molecule has 0 aliphatic rings. The summed E-state index contributed by atoms with van der Waals surface area (Å²) in [6, 6.07) is 4.34. The maximum absolute atomic E-state index is 10.7. The number of hydrogen-bond donors (Lipinski definition) is 6. The second-order valence-electron chi connectivity index (χ2n) is 12.2. The summed E-state index contributed by atoms with van der Waals surface area (Å²) in [6.45, 7) is 23.9. The summed E-state index contributed by atoms with van der Waals surface area (Å²) in [4.78, 5) is 21.7. The lowest BCUT2D eigenvalue weighted by molar-refractivity contribution is 0.0420. The van der Waals surface area contributed by atoms with Crippen molar-refractivity contribution < 1.29 is 30.0 Å². The van der Waals surface area contributed by atoms with Gasteiger partial charge in [-0.25, -0.2) is 0 Å². The van der Waals surface area contributed by atoms with Gasteiger partial charge in [-0.1, -0.05) is 101 Å². The van der Waals surface area contributed by atoms with Crippen molar-refractivity contribution in [3.05, 3.63) is 28.8 Å². The van der Waals surface area contributed by atoms with Crippen LogP contribution in [0.2, 0.25) is 0 Å². The standard InChI is InChI=1S/C18H30O.C9H20O2.H3O3P/c1-16(2,3)12-10-13(17(4,5)6)15(19)14(11-12)18(7,8)9;1-3-5-6-9(4-2,7-10)8-11;1-4(2)3/h10-11,19H,1-9H3;10-11H,3-8H2,1-2H3;1-3H. The lowest BCUT2D eigenvalue weighted by atomic mass is 9.75. The number of unbranched alkanes of at least 4 members (excludes halogenated alkanes) is 1. The van der Waals surface area contributed by atoms with Crippen molar-refractivity contribution in [1.29, 1.82) is 0 Å². The van der Waals surface area contributed by atoms with Gasteiger partial charge in [0.1, 0.15) is 5.75 Å². The van der Waals surface area contributed by atoms with E-state index in [0.29, 0.717) is 5.75 Å². The van der Waals surface area contributed by atoms with Gasteiger partial charge in [0.05, 0.1) is 13.2 Å². The predicted octanol–water partition coefficient (Wildman–Crippen LogP) is 6.03. The molecule has 0 unspecified atom stereocenters. The van der Waals surface area contributed by atoms with Crippen molar-refractivity contribution >= 4 is 8.60 Å². The third-order valence-electron chi connectivity index (χ3n) is 6.07. The molecule has 0 fully saturated rings. The van der Waals surface area contributed by atoms with Crippen LogP contribution in [0.15, 0.2) is 12.1 Å². The largest absolute Gasteiger partial charge is 0.507 e. The van der Waals surface area contributed by atoms with Crippen molar-refractivity contribution in [1.82, 2.24) is 0 Å². The molecule has 0 bridgehead atoms. The number of phenols is 1. The summed E-state index contributed by atoms with van der Waals surface area (Å²) >= 11 is 0. The molecule has 6 nitrogen and oxygen atoms in total. The molecule has 1 aromatic carbocycles. The summed E-state index contributed by atoms with van der Waals surface area (Å²) in [5.74, 6) is 0.466. The Labute approximate surface area is 210 Å². The molecule has 0 spiro atoms. The molecule has 0 saturated carbocycles. The van der Waals surface area contributed by atoms with Crippen LogP contribution in [0.25, 0.3) is 0 Å². The summed E-state index contributed by atoms with van der Waals surface area (Å²) in [7, 11) is -2.62. The van der Waals surface area contributed by atoms with Crippen molar-refractivity contribution in [2.45, 2.75) is 118 Å². The fraction of sp³-hybridized carbons (Fsp3) is 0.778. The van der Waals surface area contributed by atoms with Gasteiger partial charge in [0, 0.05) is 5.41 Å². The van der Waals surface area contributed by atoms with Crippen LogP contribution < -0.4 is 0 Å². The van der Waals surface area contributed by atoms with Crippen LogP contribution in [0.1, 0.15) is 119 Å². The molecule has 0 aliphatic heterocycles. The Kier molecular flexibility index (Phi) is 15.3. The molecular weight excluding hydrogens is 451 g/mol. The summed E-state index contributed by atoms with van der Waals surface area (Å²) < 4.78 is 0. The van der Waals surface area contributed by atoms with E-state index < -0.39 is 8.60 Å². The average Bonchev–Trinajstić information content (AvgIpc) is 2.67. The highest BCUT2D eigenvalue weighted by Crippen LogP contribution is 2.41. The van der Waals surface area contributed by atoms with E-state index in [2.05, 4.69) is 81.4 Å². The van der Waals surface area contributed by atoms with Gasteiger partial charge in [-0.2, -0.15) is 0 Å². The second kappa shape index (κ2) is 14.7. The first-order chi connectivity index (χ1) is 15.2. The third-order valence-corrected chi connectivity index (χ3v) is 6.07. The summed E-state index contributed by atoms with van der Waals surface area (Å²) in [5, 5.41) is 28.7. The normalized spacial score (nSPS) is 12.6. The number of phenolic OH excluding ortho intramolecular Hbond substituents is 1. The maximum Gasteiger partial charge on any atom is 0.324 e. The molecule has 0 aromatic heterocycles. The van der Waals surface area contributed by atoms with E-state index in [1.165, 1.54) is 5.56 Å². The van der Waals surface area contributed by atoms with Crippen molar-refractivity contribution in [3.63, 3.8) is 0 Å². The number of benzene rings is 1. The fourth-order valence-electron chi connectivity index (χ4n) is 3.37. The monoisotopic (exact) mass is 504 g/mol. The van der Waals surface area contributed by atoms with E-state index >= 15 is 0 Å². The zero-order valence-electron chi connectivity index (χ0n) is 23.5. The molecule has 1 aromatic rings.